The number of hydrogen-bond donors (Lipinski definition) is 0. The van der Waals surface area contributed by atoms with Crippen molar-refractivity contribution in [1.82, 2.24) is 9.97 Å². The van der Waals surface area contributed by atoms with Gasteiger partial charge in [-0.05, 0) is 6.07 Å². The predicted molar refractivity (Wildman–Crippen MR) is 74.9 cm³/mol. The van der Waals surface area contributed by atoms with Crippen LogP contribution >= 0.6 is 34.8 Å². The summed E-state index contributed by atoms with van der Waals surface area (Å²) in [6, 6.07) is 2.92. The number of nitrogens with zero attached hydrogens (tertiary/aromatic N) is 2. The fraction of sp³-hybridized carbons (Fsp3) is 0.0833. The van der Waals surface area contributed by atoms with Gasteiger partial charge in [0.1, 0.15) is 5.75 Å². The fourth-order valence-electron chi connectivity index (χ4n) is 1.27. The van der Waals surface area contributed by atoms with Crippen molar-refractivity contribution in [3.63, 3.8) is 0 Å². The maximum absolute atomic E-state index is 11.2. The number of hydrogen-bond acceptors (Lipinski definition) is 5. The zero-order valence-electron chi connectivity index (χ0n) is 10.1. The molecule has 0 aliphatic heterocycles. The summed E-state index contributed by atoms with van der Waals surface area (Å²) < 4.78 is 9.92. The zero-order valence-corrected chi connectivity index (χ0v) is 12.3. The molecular formula is C12H7Cl3N2O3. The minimum atomic E-state index is -0.586. The number of rotatable bonds is 3. The minimum Gasteiger partial charge on any atom is -0.464 e. The molecule has 0 atom stereocenters. The van der Waals surface area contributed by atoms with Crippen LogP contribution in [0, 0.1) is 0 Å². The molecule has 1 heterocycles. The average Bonchev–Trinajstić information content (AvgIpc) is 2.44. The first-order valence-corrected chi connectivity index (χ1v) is 6.37. The second-order valence-electron chi connectivity index (χ2n) is 3.53. The Morgan fingerprint density at radius 3 is 2.35 bits per heavy atom. The molecule has 0 aliphatic rings. The molecule has 0 bridgehead atoms. The van der Waals surface area contributed by atoms with Gasteiger partial charge in [0.25, 0.3) is 0 Å². The highest BCUT2D eigenvalue weighted by atomic mass is 35.5. The third-order valence-electron chi connectivity index (χ3n) is 2.21. The van der Waals surface area contributed by atoms with Gasteiger partial charge in [-0.1, -0.05) is 34.8 Å². The van der Waals surface area contributed by atoms with E-state index in [1.165, 1.54) is 31.6 Å². The lowest BCUT2D eigenvalue weighted by atomic mass is 10.3. The maximum Gasteiger partial charge on any atom is 0.358 e. The van der Waals surface area contributed by atoms with E-state index in [0.717, 1.165) is 0 Å². The highest BCUT2D eigenvalue weighted by Crippen LogP contribution is 2.35. The summed E-state index contributed by atoms with van der Waals surface area (Å²) in [6.07, 6.45) is 2.50. The van der Waals surface area contributed by atoms with Crippen LogP contribution in [0.1, 0.15) is 10.5 Å². The molecule has 5 nitrogen and oxygen atoms in total. The summed E-state index contributed by atoms with van der Waals surface area (Å²) in [5.74, 6) is -0.157. The minimum absolute atomic E-state index is 0.0695. The highest BCUT2D eigenvalue weighted by molar-refractivity contribution is 6.43. The largest absolute Gasteiger partial charge is 0.464 e. The van der Waals surface area contributed by atoms with Crippen LogP contribution in [0.15, 0.2) is 24.5 Å². The maximum atomic E-state index is 11.2. The van der Waals surface area contributed by atoms with Crippen molar-refractivity contribution in [2.75, 3.05) is 7.11 Å². The lowest BCUT2D eigenvalue weighted by molar-refractivity contribution is 0.0593. The van der Waals surface area contributed by atoms with Crippen LogP contribution in [0.5, 0.6) is 11.6 Å². The molecular weight excluding hydrogens is 327 g/mol. The number of esters is 1. The Hall–Kier alpha value is -1.56. The lowest BCUT2D eigenvalue weighted by Crippen LogP contribution is -2.04. The summed E-state index contributed by atoms with van der Waals surface area (Å²) in [5.41, 5.74) is 0.0695. The Kier molecular flexibility index (Phi) is 4.65. The van der Waals surface area contributed by atoms with Gasteiger partial charge in [-0.25, -0.2) is 14.8 Å². The van der Waals surface area contributed by atoms with E-state index in [1.54, 1.807) is 0 Å². The van der Waals surface area contributed by atoms with Crippen LogP contribution in [0.3, 0.4) is 0 Å². The zero-order chi connectivity index (χ0) is 14.7. The summed E-state index contributed by atoms with van der Waals surface area (Å²) >= 11 is 17.6. The van der Waals surface area contributed by atoms with E-state index in [9.17, 15) is 4.79 Å². The normalized spacial score (nSPS) is 10.2. The summed E-state index contributed by atoms with van der Waals surface area (Å²) in [4.78, 5) is 19.0. The first kappa shape index (κ1) is 14.8. The molecule has 8 heteroatoms. The smallest absolute Gasteiger partial charge is 0.358 e. The van der Waals surface area contributed by atoms with Crippen LogP contribution in [-0.2, 0) is 4.74 Å². The number of halogens is 3. The van der Waals surface area contributed by atoms with Crippen LogP contribution in [-0.4, -0.2) is 23.0 Å². The second kappa shape index (κ2) is 6.26. The van der Waals surface area contributed by atoms with Gasteiger partial charge in [0.05, 0.1) is 34.6 Å². The van der Waals surface area contributed by atoms with E-state index >= 15 is 0 Å². The standard InChI is InChI=1S/C12H7Cl3N2O3/c1-19-12(18)9-4-17-11(5-16-9)20-10-3-7(14)6(13)2-8(10)15/h2-5H,1H3. The Bertz CT molecular complexity index is 647. The van der Waals surface area contributed by atoms with Gasteiger partial charge < -0.3 is 9.47 Å². The molecule has 0 spiro atoms. The molecule has 0 amide bonds. The number of ether oxygens (including phenoxy) is 2. The topological polar surface area (TPSA) is 61.3 Å². The Morgan fingerprint density at radius 1 is 1.05 bits per heavy atom. The third kappa shape index (κ3) is 3.30. The van der Waals surface area contributed by atoms with Gasteiger partial charge in [0, 0.05) is 6.07 Å². The van der Waals surface area contributed by atoms with Crippen LogP contribution in [0.4, 0.5) is 0 Å². The lowest BCUT2D eigenvalue weighted by Gasteiger charge is -2.08. The number of carbonyl (C=O) groups is 1. The van der Waals surface area contributed by atoms with Crippen molar-refractivity contribution >= 4 is 40.8 Å². The molecule has 104 valence electrons. The SMILES string of the molecule is COC(=O)c1cnc(Oc2cc(Cl)c(Cl)cc2Cl)cn1. The molecule has 1 aromatic carbocycles. The van der Waals surface area contributed by atoms with E-state index in [-0.39, 0.29) is 22.3 Å². The third-order valence-corrected chi connectivity index (χ3v) is 3.23. The first-order chi connectivity index (χ1) is 9.51. The molecule has 0 radical (unpaired) electrons. The van der Waals surface area contributed by atoms with Crippen LogP contribution in [0.25, 0.3) is 0 Å². The number of carbonyl (C=O) groups excluding carboxylic acids is 1. The van der Waals surface area contributed by atoms with Gasteiger partial charge in [0.2, 0.25) is 5.88 Å². The van der Waals surface area contributed by atoms with E-state index in [2.05, 4.69) is 14.7 Å². The fourth-order valence-corrected chi connectivity index (χ4v) is 1.85. The van der Waals surface area contributed by atoms with E-state index in [4.69, 9.17) is 39.5 Å². The second-order valence-corrected chi connectivity index (χ2v) is 4.75. The molecule has 1 aromatic heterocycles. The van der Waals surface area contributed by atoms with E-state index in [1.807, 2.05) is 0 Å². The van der Waals surface area contributed by atoms with Crippen molar-refractivity contribution in [2.45, 2.75) is 0 Å². The van der Waals surface area contributed by atoms with E-state index < -0.39 is 5.97 Å². The highest BCUT2D eigenvalue weighted by Gasteiger charge is 2.11. The molecule has 20 heavy (non-hydrogen) atoms. The molecule has 0 aliphatic carbocycles. The molecule has 0 fully saturated rings. The van der Waals surface area contributed by atoms with Gasteiger partial charge in [-0.15, -0.1) is 0 Å². The molecule has 0 saturated carbocycles. The molecule has 0 N–H and O–H groups in total. The van der Waals surface area contributed by atoms with Crippen molar-refractivity contribution in [3.8, 4) is 11.6 Å². The Morgan fingerprint density at radius 2 is 1.75 bits per heavy atom. The average molecular weight is 334 g/mol. The number of methoxy groups -OCH3 is 1. The predicted octanol–water partition coefficient (Wildman–Crippen LogP) is 4.02. The van der Waals surface area contributed by atoms with Crippen molar-refractivity contribution in [1.29, 1.82) is 0 Å². The van der Waals surface area contributed by atoms with Gasteiger partial charge in [-0.2, -0.15) is 0 Å². The molecule has 0 unspecified atom stereocenters. The summed E-state index contributed by atoms with van der Waals surface area (Å²) in [6.45, 7) is 0. The Labute approximate surface area is 129 Å². The molecule has 2 rings (SSSR count). The summed E-state index contributed by atoms with van der Waals surface area (Å²) in [7, 11) is 1.25. The van der Waals surface area contributed by atoms with Crippen molar-refractivity contribution in [3.05, 3.63) is 45.3 Å². The number of benzene rings is 1. The van der Waals surface area contributed by atoms with Crippen molar-refractivity contribution in [2.24, 2.45) is 0 Å². The molecule has 0 saturated heterocycles. The van der Waals surface area contributed by atoms with Gasteiger partial charge in [-0.3, -0.25) is 0 Å². The monoisotopic (exact) mass is 332 g/mol. The summed E-state index contributed by atoms with van der Waals surface area (Å²) in [5, 5.41) is 0.889. The van der Waals surface area contributed by atoms with Gasteiger partial charge >= 0.3 is 5.97 Å². The van der Waals surface area contributed by atoms with Crippen LogP contribution < -0.4 is 4.74 Å². The van der Waals surface area contributed by atoms with E-state index in [0.29, 0.717) is 10.0 Å². The van der Waals surface area contributed by atoms with Crippen LogP contribution in [0.2, 0.25) is 15.1 Å². The molecule has 2 aromatic rings. The van der Waals surface area contributed by atoms with Crippen molar-refractivity contribution < 1.29 is 14.3 Å². The first-order valence-electron chi connectivity index (χ1n) is 5.24. The van der Waals surface area contributed by atoms with Gasteiger partial charge in [0.15, 0.2) is 5.69 Å². The quantitative estimate of drug-likeness (QED) is 0.627. The Balaban J connectivity index is 2.22. The number of aromatic nitrogens is 2.